The second kappa shape index (κ2) is 13.0. The van der Waals surface area contributed by atoms with Crippen molar-refractivity contribution in [1.29, 1.82) is 0 Å². The number of carbonyl (C=O) groups is 2. The summed E-state index contributed by atoms with van der Waals surface area (Å²) in [4.78, 5) is 34.2. The maximum absolute atomic E-state index is 13.6. The van der Waals surface area contributed by atoms with Gasteiger partial charge >= 0.3 is 12.3 Å². The number of hydrogen-bond acceptors (Lipinski definition) is 6. The van der Waals surface area contributed by atoms with E-state index in [1.807, 2.05) is 35.2 Å². The Balaban J connectivity index is 1.44. The minimum absolute atomic E-state index is 0.169. The maximum Gasteiger partial charge on any atom is 0.419 e. The van der Waals surface area contributed by atoms with Crippen LogP contribution in [0.15, 0.2) is 77.4 Å². The minimum Gasteiger partial charge on any atom is -0.488 e. The lowest BCUT2D eigenvalue weighted by Crippen LogP contribution is -2.50. The maximum atomic E-state index is 13.6. The molecule has 45 heavy (non-hydrogen) atoms. The Kier molecular flexibility index (Phi) is 9.24. The van der Waals surface area contributed by atoms with Gasteiger partial charge in [-0.2, -0.15) is 13.2 Å². The summed E-state index contributed by atoms with van der Waals surface area (Å²) in [6.07, 6.45) is -3.41. The first kappa shape index (κ1) is 32.1. The Hall–Kier alpha value is -4.32. The molecule has 8 nitrogen and oxygen atoms in total. The van der Waals surface area contributed by atoms with Gasteiger partial charge in [0, 0.05) is 47.8 Å². The van der Waals surface area contributed by atoms with Crippen molar-refractivity contribution in [1.82, 2.24) is 9.88 Å². The highest BCUT2D eigenvalue weighted by molar-refractivity contribution is 9.10. The monoisotopic (exact) mass is 684 g/mol. The number of nitrogens with one attached hydrogen (secondary N) is 1. The van der Waals surface area contributed by atoms with Crippen molar-refractivity contribution < 1.29 is 32.2 Å². The summed E-state index contributed by atoms with van der Waals surface area (Å²) in [5.41, 5.74) is 0.405. The predicted molar refractivity (Wildman–Crippen MR) is 170 cm³/mol. The molecule has 2 amide bonds. The zero-order valence-corrected chi connectivity index (χ0v) is 26.5. The average Bonchev–Trinajstić information content (AvgIpc) is 2.99. The summed E-state index contributed by atoms with van der Waals surface area (Å²) in [5.74, 6) is -0.709. The summed E-state index contributed by atoms with van der Waals surface area (Å²) < 4.78 is 52.4. The van der Waals surface area contributed by atoms with E-state index in [2.05, 4.69) is 26.2 Å². The van der Waals surface area contributed by atoms with Gasteiger partial charge < -0.3 is 24.6 Å². The van der Waals surface area contributed by atoms with Gasteiger partial charge in [0.1, 0.15) is 23.7 Å². The van der Waals surface area contributed by atoms with Crippen LogP contribution in [0, 0.1) is 0 Å². The molecule has 0 spiro atoms. The van der Waals surface area contributed by atoms with Crippen LogP contribution in [-0.4, -0.2) is 53.7 Å². The molecule has 12 heteroatoms. The Morgan fingerprint density at radius 3 is 2.36 bits per heavy atom. The van der Waals surface area contributed by atoms with E-state index in [1.165, 1.54) is 18.2 Å². The van der Waals surface area contributed by atoms with Crippen molar-refractivity contribution in [2.45, 2.75) is 39.2 Å². The van der Waals surface area contributed by atoms with E-state index in [0.29, 0.717) is 53.0 Å². The van der Waals surface area contributed by atoms with E-state index < -0.39 is 29.3 Å². The zero-order valence-electron chi connectivity index (χ0n) is 25.0. The highest BCUT2D eigenvalue weighted by Crippen LogP contribution is 2.38. The number of halogens is 4. The number of nitrogens with zero attached hydrogens (tertiary/aromatic N) is 3. The van der Waals surface area contributed by atoms with Crippen LogP contribution in [0.25, 0.3) is 10.8 Å². The summed E-state index contributed by atoms with van der Waals surface area (Å²) in [6.45, 7) is 6.83. The predicted octanol–water partition coefficient (Wildman–Crippen LogP) is 7.90. The van der Waals surface area contributed by atoms with Crippen molar-refractivity contribution in [3.05, 3.63) is 94.2 Å². The number of fused-ring (bicyclic) bond motifs is 1. The Labute approximate surface area is 267 Å². The summed E-state index contributed by atoms with van der Waals surface area (Å²) in [6, 6.07) is 17.8. The minimum atomic E-state index is -4.57. The number of anilines is 2. The average molecular weight is 686 g/mol. The van der Waals surface area contributed by atoms with Crippen molar-refractivity contribution >= 4 is 50.1 Å². The standard InChI is InChI=1S/C33H32BrF3N4O4/c1-32(2,3)45-31(43)41-16-14-40(15-17-41)27-18-22(20-44-28-11-7-6-10-24(28)33(35,36)37)25(34)19-26(27)39-30(42)29-23-9-5-4-8-21(23)12-13-38-29/h4-13,18-19H,14-17,20H2,1-3H3,(H,39,42). The number of hydrogen-bond donors (Lipinski definition) is 1. The Morgan fingerprint density at radius 2 is 1.64 bits per heavy atom. The van der Waals surface area contributed by atoms with Crippen LogP contribution >= 0.6 is 15.9 Å². The fourth-order valence-electron chi connectivity index (χ4n) is 5.00. The van der Waals surface area contributed by atoms with Gasteiger partial charge in [0.15, 0.2) is 0 Å². The smallest absolute Gasteiger partial charge is 0.419 e. The van der Waals surface area contributed by atoms with E-state index in [4.69, 9.17) is 9.47 Å². The molecule has 0 radical (unpaired) electrons. The number of piperazine rings is 1. The van der Waals surface area contributed by atoms with Gasteiger partial charge in [-0.1, -0.05) is 52.3 Å². The van der Waals surface area contributed by atoms with Crippen LogP contribution in [0.5, 0.6) is 5.75 Å². The lowest BCUT2D eigenvalue weighted by Gasteiger charge is -2.37. The number of aromatic nitrogens is 1. The van der Waals surface area contributed by atoms with Crippen LogP contribution < -0.4 is 15.0 Å². The summed E-state index contributed by atoms with van der Waals surface area (Å²) in [7, 11) is 0. The third-order valence-corrected chi connectivity index (χ3v) is 7.89. The SMILES string of the molecule is CC(C)(C)OC(=O)N1CCN(c2cc(COc3ccccc3C(F)(F)F)c(Br)cc2NC(=O)c2nccc3ccccc23)CC1. The van der Waals surface area contributed by atoms with Gasteiger partial charge in [-0.3, -0.25) is 9.78 Å². The fourth-order valence-corrected chi connectivity index (χ4v) is 5.46. The van der Waals surface area contributed by atoms with Crippen LogP contribution in [0.4, 0.5) is 29.3 Å². The molecular formula is C33H32BrF3N4O4. The molecule has 236 valence electrons. The largest absolute Gasteiger partial charge is 0.488 e. The molecule has 1 aliphatic rings. The van der Waals surface area contributed by atoms with Gasteiger partial charge in [-0.05, 0) is 56.5 Å². The third kappa shape index (κ3) is 7.67. The molecule has 1 aromatic heterocycles. The topological polar surface area (TPSA) is 84.0 Å². The van der Waals surface area contributed by atoms with Gasteiger partial charge in [-0.15, -0.1) is 0 Å². The van der Waals surface area contributed by atoms with Crippen molar-refractivity contribution in [2.75, 3.05) is 36.4 Å². The molecule has 0 atom stereocenters. The second-order valence-electron chi connectivity index (χ2n) is 11.5. The molecular weight excluding hydrogens is 653 g/mol. The van der Waals surface area contributed by atoms with Crippen molar-refractivity contribution in [3.63, 3.8) is 0 Å². The zero-order chi connectivity index (χ0) is 32.4. The fraction of sp³-hybridized carbons (Fsp3) is 0.303. The quantitative estimate of drug-likeness (QED) is 0.222. The lowest BCUT2D eigenvalue weighted by atomic mass is 10.1. The van der Waals surface area contributed by atoms with Gasteiger partial charge in [0.05, 0.1) is 16.9 Å². The van der Waals surface area contributed by atoms with E-state index >= 15 is 0 Å². The van der Waals surface area contributed by atoms with E-state index in [9.17, 15) is 22.8 Å². The highest BCUT2D eigenvalue weighted by atomic mass is 79.9. The Bertz CT molecular complexity index is 1710. The first-order chi connectivity index (χ1) is 21.3. The van der Waals surface area contributed by atoms with Crippen molar-refractivity contribution in [2.24, 2.45) is 0 Å². The molecule has 4 aromatic rings. The number of benzene rings is 3. The number of ether oxygens (including phenoxy) is 2. The molecule has 5 rings (SSSR count). The molecule has 1 saturated heterocycles. The lowest BCUT2D eigenvalue weighted by molar-refractivity contribution is -0.139. The Morgan fingerprint density at radius 1 is 0.956 bits per heavy atom. The van der Waals surface area contributed by atoms with Crippen molar-refractivity contribution in [3.8, 4) is 5.75 Å². The number of alkyl halides is 3. The van der Waals surface area contributed by atoms with Crippen LogP contribution in [0.1, 0.15) is 42.4 Å². The first-order valence-corrected chi connectivity index (χ1v) is 15.1. The number of carbonyl (C=O) groups excluding carboxylic acids is 2. The summed E-state index contributed by atoms with van der Waals surface area (Å²) in [5, 5.41) is 4.54. The molecule has 0 saturated carbocycles. The number of rotatable bonds is 6. The number of amides is 2. The molecule has 1 aliphatic heterocycles. The molecule has 2 heterocycles. The molecule has 0 unspecified atom stereocenters. The van der Waals surface area contributed by atoms with E-state index in [1.54, 1.807) is 44.0 Å². The molecule has 0 aliphatic carbocycles. The van der Waals surface area contributed by atoms with Gasteiger partial charge in [0.2, 0.25) is 0 Å². The van der Waals surface area contributed by atoms with E-state index in [-0.39, 0.29) is 18.1 Å². The molecule has 1 N–H and O–H groups in total. The van der Waals surface area contributed by atoms with Gasteiger partial charge in [-0.25, -0.2) is 4.79 Å². The molecule has 3 aromatic carbocycles. The van der Waals surface area contributed by atoms with Crippen LogP contribution in [-0.2, 0) is 17.5 Å². The molecule has 1 fully saturated rings. The first-order valence-electron chi connectivity index (χ1n) is 14.3. The van der Waals surface area contributed by atoms with Gasteiger partial charge in [0.25, 0.3) is 5.91 Å². The van der Waals surface area contributed by atoms with Crippen LogP contribution in [0.2, 0.25) is 0 Å². The number of para-hydroxylation sites is 1. The molecule has 0 bridgehead atoms. The second-order valence-corrected chi connectivity index (χ2v) is 12.4. The highest BCUT2D eigenvalue weighted by Gasteiger charge is 2.34. The van der Waals surface area contributed by atoms with E-state index in [0.717, 1.165) is 11.5 Å². The third-order valence-electron chi connectivity index (χ3n) is 7.15. The normalized spacial score (nSPS) is 13.9. The van der Waals surface area contributed by atoms with Crippen LogP contribution in [0.3, 0.4) is 0 Å². The summed E-state index contributed by atoms with van der Waals surface area (Å²) >= 11 is 3.52. The number of pyridine rings is 1.